The summed E-state index contributed by atoms with van der Waals surface area (Å²) in [5.74, 6) is -0.501. The summed E-state index contributed by atoms with van der Waals surface area (Å²) in [5.41, 5.74) is 6.72. The van der Waals surface area contributed by atoms with Crippen molar-refractivity contribution in [2.45, 2.75) is 6.18 Å². The Hall–Kier alpha value is -4.25. The van der Waals surface area contributed by atoms with Gasteiger partial charge in [0.1, 0.15) is 11.5 Å². The molecule has 5 rings (SSSR count). The Labute approximate surface area is 184 Å². The Bertz CT molecular complexity index is 1340. The van der Waals surface area contributed by atoms with E-state index in [1.165, 1.54) is 23.2 Å². The van der Waals surface area contributed by atoms with Crippen LogP contribution in [0.1, 0.15) is 17.0 Å². The summed E-state index contributed by atoms with van der Waals surface area (Å²) >= 11 is 0. The number of aromatic nitrogens is 3. The highest BCUT2D eigenvalue weighted by molar-refractivity contribution is 5.96. The van der Waals surface area contributed by atoms with Gasteiger partial charge in [-0.2, -0.15) is 18.2 Å². The maximum atomic E-state index is 14.5. The molecule has 4 aromatic rings. The molecular formula is C22H14F4N6O. The molecule has 0 unspecified atom stereocenters. The van der Waals surface area contributed by atoms with Crippen molar-refractivity contribution in [3.8, 4) is 11.4 Å². The Kier molecular flexibility index (Phi) is 5.02. The van der Waals surface area contributed by atoms with Gasteiger partial charge in [-0.3, -0.25) is 15.4 Å². The molecule has 2 aromatic heterocycles. The number of nitrogens with one attached hydrogen (secondary N) is 2. The van der Waals surface area contributed by atoms with Gasteiger partial charge in [0, 0.05) is 23.5 Å². The highest BCUT2D eigenvalue weighted by Gasteiger charge is 2.32. The van der Waals surface area contributed by atoms with Crippen molar-refractivity contribution >= 4 is 17.1 Å². The van der Waals surface area contributed by atoms with Crippen LogP contribution in [-0.2, 0) is 6.18 Å². The van der Waals surface area contributed by atoms with Gasteiger partial charge >= 0.3 is 6.18 Å². The van der Waals surface area contributed by atoms with Gasteiger partial charge in [-0.15, -0.1) is 5.53 Å². The number of anilines is 1. The first-order valence-corrected chi connectivity index (χ1v) is 9.64. The monoisotopic (exact) mass is 454 g/mol. The van der Waals surface area contributed by atoms with E-state index in [0.29, 0.717) is 17.0 Å². The highest BCUT2D eigenvalue weighted by atomic mass is 19.4. The zero-order valence-corrected chi connectivity index (χ0v) is 16.6. The predicted molar refractivity (Wildman–Crippen MR) is 111 cm³/mol. The van der Waals surface area contributed by atoms with Gasteiger partial charge in [0.05, 0.1) is 16.9 Å². The molecule has 0 aliphatic carbocycles. The summed E-state index contributed by atoms with van der Waals surface area (Å²) in [6.07, 6.45) is -1.36. The number of para-hydroxylation sites is 1. The second-order valence-corrected chi connectivity index (χ2v) is 6.98. The van der Waals surface area contributed by atoms with Crippen molar-refractivity contribution in [3.63, 3.8) is 0 Å². The predicted octanol–water partition coefficient (Wildman–Crippen LogP) is 4.64. The Morgan fingerprint density at radius 3 is 2.45 bits per heavy atom. The summed E-state index contributed by atoms with van der Waals surface area (Å²) in [7, 11) is 0. The van der Waals surface area contributed by atoms with Crippen LogP contribution in [0, 0.1) is 5.82 Å². The zero-order valence-electron chi connectivity index (χ0n) is 16.6. The van der Waals surface area contributed by atoms with Crippen LogP contribution in [0.5, 0.6) is 0 Å². The molecule has 3 heterocycles. The standard InChI is InChI=1S/C22H14F4N6O/c23-16-6-1-2-7-17(16)32-19(13-8-10-27-11-9-13)18(29-31-32)21-28-20(30-33-21)14-4-3-5-15(12-14)22(24,25)26/h1-12,29,31H. The highest BCUT2D eigenvalue weighted by Crippen LogP contribution is 2.35. The first-order valence-electron chi connectivity index (χ1n) is 9.64. The molecule has 166 valence electrons. The van der Waals surface area contributed by atoms with Crippen molar-refractivity contribution in [1.82, 2.24) is 26.1 Å². The quantitative estimate of drug-likeness (QED) is 0.435. The fourth-order valence-electron chi connectivity index (χ4n) is 3.37. The third kappa shape index (κ3) is 3.89. The molecule has 2 N–H and O–H groups in total. The molecule has 0 spiro atoms. The van der Waals surface area contributed by atoms with E-state index in [4.69, 9.17) is 4.52 Å². The number of alkyl halides is 3. The minimum absolute atomic E-state index is 0.000522. The van der Waals surface area contributed by atoms with Crippen LogP contribution in [0.2, 0.25) is 0 Å². The number of hydrazine groups is 2. The Morgan fingerprint density at radius 1 is 0.909 bits per heavy atom. The normalized spacial score (nSPS) is 14.0. The lowest BCUT2D eigenvalue weighted by atomic mass is 10.1. The first-order chi connectivity index (χ1) is 15.9. The number of nitrogens with zero attached hydrogens (tertiary/aromatic N) is 4. The maximum absolute atomic E-state index is 14.5. The number of halogens is 4. The van der Waals surface area contributed by atoms with E-state index in [0.717, 1.165) is 12.1 Å². The topological polar surface area (TPSA) is 79.1 Å². The average Bonchev–Trinajstić information content (AvgIpc) is 3.47. The molecule has 0 atom stereocenters. The van der Waals surface area contributed by atoms with Crippen LogP contribution in [0.25, 0.3) is 22.8 Å². The summed E-state index contributed by atoms with van der Waals surface area (Å²) in [4.78, 5) is 8.27. The smallest absolute Gasteiger partial charge is 0.332 e. The number of benzene rings is 2. The largest absolute Gasteiger partial charge is 0.416 e. The Balaban J connectivity index is 1.60. The van der Waals surface area contributed by atoms with Gasteiger partial charge < -0.3 is 4.52 Å². The van der Waals surface area contributed by atoms with Gasteiger partial charge in [0.25, 0.3) is 5.89 Å². The molecule has 2 aromatic carbocycles. The minimum Gasteiger partial charge on any atom is -0.332 e. The molecule has 0 saturated heterocycles. The van der Waals surface area contributed by atoms with Crippen LogP contribution < -0.4 is 16.0 Å². The first kappa shape index (κ1) is 20.6. The number of hydrogen-bond acceptors (Lipinski definition) is 7. The molecule has 0 radical (unpaired) electrons. The summed E-state index contributed by atoms with van der Waals surface area (Å²) in [6.45, 7) is 0. The van der Waals surface area contributed by atoms with Gasteiger partial charge in [-0.1, -0.05) is 29.4 Å². The van der Waals surface area contributed by atoms with Crippen molar-refractivity contribution in [2.24, 2.45) is 0 Å². The number of hydrogen-bond donors (Lipinski definition) is 2. The van der Waals surface area contributed by atoms with Crippen molar-refractivity contribution in [1.29, 1.82) is 0 Å². The van der Waals surface area contributed by atoms with E-state index in [2.05, 4.69) is 26.1 Å². The molecule has 7 nitrogen and oxygen atoms in total. The number of pyridine rings is 1. The van der Waals surface area contributed by atoms with Crippen LogP contribution in [0.15, 0.2) is 77.6 Å². The molecule has 1 aliphatic rings. The van der Waals surface area contributed by atoms with E-state index in [1.807, 2.05) is 0 Å². The SMILES string of the molecule is Fc1ccccc1N1NNC(c2nc(-c3cccc(C(F)(F)F)c3)no2)=C1c1ccncc1. The van der Waals surface area contributed by atoms with Crippen LogP contribution in [0.3, 0.4) is 0 Å². The second kappa shape index (κ2) is 8.02. The summed E-state index contributed by atoms with van der Waals surface area (Å²) < 4.78 is 59.1. The molecular weight excluding hydrogens is 440 g/mol. The average molecular weight is 454 g/mol. The van der Waals surface area contributed by atoms with E-state index < -0.39 is 17.6 Å². The maximum Gasteiger partial charge on any atom is 0.416 e. The third-order valence-corrected chi connectivity index (χ3v) is 4.89. The zero-order chi connectivity index (χ0) is 23.0. The molecule has 0 amide bonds. The molecule has 0 fully saturated rings. The molecule has 1 aliphatic heterocycles. The lowest BCUT2D eigenvalue weighted by molar-refractivity contribution is -0.137. The Morgan fingerprint density at radius 2 is 1.70 bits per heavy atom. The van der Waals surface area contributed by atoms with Crippen molar-refractivity contribution in [3.05, 3.63) is 95.9 Å². The lowest BCUT2D eigenvalue weighted by Gasteiger charge is -2.21. The lowest BCUT2D eigenvalue weighted by Crippen LogP contribution is -2.38. The van der Waals surface area contributed by atoms with Crippen molar-refractivity contribution < 1.29 is 22.1 Å². The van der Waals surface area contributed by atoms with Crippen LogP contribution in [0.4, 0.5) is 23.2 Å². The summed E-state index contributed by atoms with van der Waals surface area (Å²) in [5, 5.41) is 5.30. The van der Waals surface area contributed by atoms with E-state index in [9.17, 15) is 17.6 Å². The summed E-state index contributed by atoms with van der Waals surface area (Å²) in [6, 6.07) is 14.2. The van der Waals surface area contributed by atoms with Crippen molar-refractivity contribution in [2.75, 3.05) is 5.01 Å². The fourth-order valence-corrected chi connectivity index (χ4v) is 3.37. The van der Waals surface area contributed by atoms with E-state index in [1.54, 1.807) is 42.7 Å². The van der Waals surface area contributed by atoms with Gasteiger partial charge in [-0.25, -0.2) is 4.39 Å². The number of rotatable bonds is 4. The fraction of sp³-hybridized carbons (Fsp3) is 0.0455. The molecule has 0 saturated carbocycles. The molecule has 11 heteroatoms. The van der Waals surface area contributed by atoms with Crippen LogP contribution in [-0.4, -0.2) is 15.1 Å². The van der Waals surface area contributed by atoms with Gasteiger partial charge in [0.15, 0.2) is 0 Å². The minimum atomic E-state index is -4.50. The molecule has 33 heavy (non-hydrogen) atoms. The molecule has 0 bridgehead atoms. The van der Waals surface area contributed by atoms with Crippen LogP contribution >= 0.6 is 0 Å². The van der Waals surface area contributed by atoms with Gasteiger partial charge in [-0.05, 0) is 36.4 Å². The second-order valence-electron chi connectivity index (χ2n) is 6.98. The van der Waals surface area contributed by atoms with E-state index >= 15 is 0 Å². The third-order valence-electron chi connectivity index (χ3n) is 4.89. The van der Waals surface area contributed by atoms with Gasteiger partial charge in [0.2, 0.25) is 5.82 Å². The van der Waals surface area contributed by atoms with E-state index in [-0.39, 0.29) is 23.0 Å².